The quantitative estimate of drug-likeness (QED) is 0.749. The minimum absolute atomic E-state index is 0.408. The molecule has 0 radical (unpaired) electrons. The number of nitrogens with one attached hydrogen (secondary N) is 3. The van der Waals surface area contributed by atoms with Gasteiger partial charge < -0.3 is 15.4 Å². The predicted octanol–water partition coefficient (Wildman–Crippen LogP) is 1.79. The number of aromatic amines is 1. The fourth-order valence-electron chi connectivity index (χ4n) is 1.91. The summed E-state index contributed by atoms with van der Waals surface area (Å²) in [7, 11) is 0. The van der Waals surface area contributed by atoms with Crippen LogP contribution in [0.1, 0.15) is 38.4 Å². The molecule has 0 spiro atoms. The summed E-state index contributed by atoms with van der Waals surface area (Å²) >= 11 is 0. The number of nitrogens with zero attached hydrogens (tertiary/aromatic N) is 1. The third kappa shape index (κ3) is 3.15. The summed E-state index contributed by atoms with van der Waals surface area (Å²) in [4.78, 5) is 11.5. The van der Waals surface area contributed by atoms with E-state index in [4.69, 9.17) is 4.74 Å². The van der Waals surface area contributed by atoms with E-state index in [1.165, 1.54) is 0 Å². The molecule has 3 N–H and O–H groups in total. The zero-order chi connectivity index (χ0) is 13.2. The first kappa shape index (κ1) is 12.7. The van der Waals surface area contributed by atoms with Crippen LogP contribution in [0.4, 0.5) is 10.6 Å². The highest BCUT2D eigenvalue weighted by atomic mass is 16.6. The molecule has 1 aromatic rings. The predicted molar refractivity (Wildman–Crippen MR) is 68.5 cm³/mol. The van der Waals surface area contributed by atoms with Crippen LogP contribution in [-0.4, -0.2) is 28.4 Å². The van der Waals surface area contributed by atoms with E-state index >= 15 is 0 Å². The molecule has 0 unspecified atom stereocenters. The van der Waals surface area contributed by atoms with Gasteiger partial charge in [-0.15, -0.1) is 0 Å². The summed E-state index contributed by atoms with van der Waals surface area (Å²) in [6.07, 6.45) is 1.67. The lowest BCUT2D eigenvalue weighted by Gasteiger charge is -2.19. The zero-order valence-electron chi connectivity index (χ0n) is 11.1. The van der Waals surface area contributed by atoms with Crippen molar-refractivity contribution in [3.05, 3.63) is 11.3 Å². The third-order valence-electron chi connectivity index (χ3n) is 2.66. The van der Waals surface area contributed by atoms with Crippen LogP contribution in [0.25, 0.3) is 0 Å². The topological polar surface area (TPSA) is 79.0 Å². The first-order chi connectivity index (χ1) is 8.46. The van der Waals surface area contributed by atoms with E-state index in [2.05, 4.69) is 20.8 Å². The number of carbonyl (C=O) groups is 1. The molecule has 0 saturated carbocycles. The fraction of sp³-hybridized carbons (Fsp3) is 0.667. The maximum Gasteiger partial charge on any atom is 0.407 e. The van der Waals surface area contributed by atoms with E-state index in [1.807, 2.05) is 20.8 Å². The fourth-order valence-corrected chi connectivity index (χ4v) is 1.91. The Morgan fingerprint density at radius 2 is 2.28 bits per heavy atom. The first-order valence-electron chi connectivity index (χ1n) is 6.22. The van der Waals surface area contributed by atoms with Crippen molar-refractivity contribution in [2.75, 3.05) is 11.9 Å². The molecule has 18 heavy (non-hydrogen) atoms. The molecule has 0 atom stereocenters. The average Bonchev–Trinajstić information content (AvgIpc) is 2.67. The maximum atomic E-state index is 11.5. The van der Waals surface area contributed by atoms with E-state index in [1.54, 1.807) is 0 Å². The standard InChI is InChI=1S/C12H20N4O2/c1-12(2,3)18-11(17)14-7-9-8-5-4-6-13-10(8)16-15-9/h4-7H2,1-3H3,(H,14,17)(H2,13,15,16). The number of H-pyrrole nitrogens is 1. The molecule has 6 heteroatoms. The van der Waals surface area contributed by atoms with Crippen LogP contribution >= 0.6 is 0 Å². The number of fused-ring (bicyclic) bond motifs is 1. The van der Waals surface area contributed by atoms with Gasteiger partial charge in [0, 0.05) is 12.1 Å². The van der Waals surface area contributed by atoms with Crippen molar-refractivity contribution in [1.82, 2.24) is 15.5 Å². The number of carbonyl (C=O) groups excluding carboxylic acids is 1. The number of aromatic nitrogens is 2. The Labute approximate surface area is 106 Å². The Bertz CT molecular complexity index is 434. The van der Waals surface area contributed by atoms with E-state index in [0.29, 0.717) is 6.54 Å². The Hall–Kier alpha value is -1.72. The summed E-state index contributed by atoms with van der Waals surface area (Å²) in [6, 6.07) is 0. The number of rotatable bonds is 2. The SMILES string of the molecule is CC(C)(C)OC(=O)NCc1[nH]nc2c1CCCN2. The monoisotopic (exact) mass is 252 g/mol. The van der Waals surface area contributed by atoms with Gasteiger partial charge in [-0.2, -0.15) is 5.10 Å². The van der Waals surface area contributed by atoms with Gasteiger partial charge in [-0.25, -0.2) is 4.79 Å². The normalized spacial score (nSPS) is 14.6. The van der Waals surface area contributed by atoms with Crippen LogP contribution in [0.2, 0.25) is 0 Å². The molecule has 0 saturated heterocycles. The van der Waals surface area contributed by atoms with Crippen molar-refractivity contribution in [3.63, 3.8) is 0 Å². The average molecular weight is 252 g/mol. The van der Waals surface area contributed by atoms with Crippen molar-refractivity contribution < 1.29 is 9.53 Å². The van der Waals surface area contributed by atoms with Crippen molar-refractivity contribution in [2.24, 2.45) is 0 Å². The van der Waals surface area contributed by atoms with Gasteiger partial charge >= 0.3 is 6.09 Å². The molecule has 1 aliphatic heterocycles. The van der Waals surface area contributed by atoms with Gasteiger partial charge in [0.2, 0.25) is 0 Å². The highest BCUT2D eigenvalue weighted by Crippen LogP contribution is 2.22. The Kier molecular flexibility index (Phi) is 3.45. The molecule has 100 valence electrons. The molecule has 1 aliphatic rings. The van der Waals surface area contributed by atoms with Crippen molar-refractivity contribution in [1.29, 1.82) is 0 Å². The molecule has 2 heterocycles. The highest BCUT2D eigenvalue weighted by molar-refractivity contribution is 5.67. The Morgan fingerprint density at radius 3 is 3.00 bits per heavy atom. The van der Waals surface area contributed by atoms with E-state index < -0.39 is 11.7 Å². The minimum atomic E-state index is -0.473. The van der Waals surface area contributed by atoms with Crippen LogP contribution in [-0.2, 0) is 17.7 Å². The van der Waals surface area contributed by atoms with Crippen molar-refractivity contribution in [3.8, 4) is 0 Å². The molecule has 2 rings (SSSR count). The number of ether oxygens (including phenoxy) is 1. The number of alkyl carbamates (subject to hydrolysis) is 1. The zero-order valence-corrected chi connectivity index (χ0v) is 11.1. The van der Waals surface area contributed by atoms with Gasteiger partial charge in [0.25, 0.3) is 0 Å². The van der Waals surface area contributed by atoms with E-state index in [-0.39, 0.29) is 0 Å². The van der Waals surface area contributed by atoms with Gasteiger partial charge in [0.05, 0.1) is 12.2 Å². The van der Waals surface area contributed by atoms with Gasteiger partial charge in [-0.1, -0.05) is 0 Å². The van der Waals surface area contributed by atoms with E-state index in [9.17, 15) is 4.79 Å². The third-order valence-corrected chi connectivity index (χ3v) is 2.66. The lowest BCUT2D eigenvalue weighted by atomic mass is 10.1. The number of amides is 1. The molecule has 0 aromatic carbocycles. The smallest absolute Gasteiger partial charge is 0.407 e. The van der Waals surface area contributed by atoms with Crippen molar-refractivity contribution in [2.45, 2.75) is 45.8 Å². The second-order valence-electron chi connectivity index (χ2n) is 5.42. The van der Waals surface area contributed by atoms with Crippen LogP contribution in [0.15, 0.2) is 0 Å². The van der Waals surface area contributed by atoms with E-state index in [0.717, 1.165) is 36.5 Å². The molecule has 6 nitrogen and oxygen atoms in total. The van der Waals surface area contributed by atoms with Crippen molar-refractivity contribution >= 4 is 11.9 Å². The molecule has 0 bridgehead atoms. The summed E-state index contributed by atoms with van der Waals surface area (Å²) in [5.41, 5.74) is 1.64. The number of anilines is 1. The van der Waals surface area contributed by atoms with Crippen LogP contribution in [0, 0.1) is 0 Å². The number of hydrogen-bond donors (Lipinski definition) is 3. The molecular formula is C12H20N4O2. The van der Waals surface area contributed by atoms with Gasteiger partial charge in [0.15, 0.2) is 5.82 Å². The largest absolute Gasteiger partial charge is 0.444 e. The maximum absolute atomic E-state index is 11.5. The van der Waals surface area contributed by atoms with Crippen LogP contribution in [0.3, 0.4) is 0 Å². The second-order valence-corrected chi connectivity index (χ2v) is 5.42. The van der Waals surface area contributed by atoms with Crippen LogP contribution < -0.4 is 10.6 Å². The van der Waals surface area contributed by atoms with Crippen LogP contribution in [0.5, 0.6) is 0 Å². The Morgan fingerprint density at radius 1 is 1.50 bits per heavy atom. The highest BCUT2D eigenvalue weighted by Gasteiger charge is 2.19. The van der Waals surface area contributed by atoms with Gasteiger partial charge in [-0.05, 0) is 33.6 Å². The molecule has 1 aromatic heterocycles. The summed E-state index contributed by atoms with van der Waals surface area (Å²) in [6.45, 7) is 6.90. The van der Waals surface area contributed by atoms with Gasteiger partial charge in [0.1, 0.15) is 5.60 Å². The lowest BCUT2D eigenvalue weighted by molar-refractivity contribution is 0.0523. The number of hydrogen-bond acceptors (Lipinski definition) is 4. The second kappa shape index (κ2) is 4.88. The molecule has 0 fully saturated rings. The Balaban J connectivity index is 1.91. The first-order valence-corrected chi connectivity index (χ1v) is 6.22. The lowest BCUT2D eigenvalue weighted by Crippen LogP contribution is -2.32. The summed E-state index contributed by atoms with van der Waals surface area (Å²) in [5.74, 6) is 0.905. The molecule has 1 amide bonds. The minimum Gasteiger partial charge on any atom is -0.444 e. The van der Waals surface area contributed by atoms with Gasteiger partial charge in [-0.3, -0.25) is 5.10 Å². The summed E-state index contributed by atoms with van der Waals surface area (Å²) < 4.78 is 5.18. The molecular weight excluding hydrogens is 232 g/mol. The molecule has 0 aliphatic carbocycles. The summed E-state index contributed by atoms with van der Waals surface area (Å²) in [5, 5.41) is 13.1.